The number of rotatable bonds is 4. The molecule has 106 valence electrons. The lowest BCUT2D eigenvalue weighted by Gasteiger charge is -2.09. The van der Waals surface area contributed by atoms with Crippen LogP contribution in [-0.2, 0) is 16.6 Å². The zero-order valence-corrected chi connectivity index (χ0v) is 13.2. The topological polar surface area (TPSA) is 66.4 Å². The Morgan fingerprint density at radius 1 is 1.15 bits per heavy atom. The van der Waals surface area contributed by atoms with E-state index in [0.29, 0.717) is 11.3 Å². The molecule has 0 fully saturated rings. The lowest BCUT2D eigenvalue weighted by atomic mass is 10.2. The van der Waals surface area contributed by atoms with Crippen LogP contribution in [0, 0.1) is 6.92 Å². The second-order valence-corrected chi connectivity index (χ2v) is 7.02. The highest BCUT2D eigenvalue weighted by Crippen LogP contribution is 2.22. The number of nitrogens with one attached hydrogen (secondary N) is 1. The van der Waals surface area contributed by atoms with Gasteiger partial charge in [-0.3, -0.25) is 4.72 Å². The molecule has 2 aromatic rings. The number of benzene rings is 2. The van der Waals surface area contributed by atoms with E-state index in [4.69, 9.17) is 5.11 Å². The third kappa shape index (κ3) is 3.59. The summed E-state index contributed by atoms with van der Waals surface area (Å²) in [6, 6.07) is 11.5. The number of sulfonamides is 1. The number of aliphatic hydroxyl groups excluding tert-OH is 1. The number of hydrogen-bond donors (Lipinski definition) is 2. The van der Waals surface area contributed by atoms with Crippen LogP contribution in [0.4, 0.5) is 5.69 Å². The summed E-state index contributed by atoms with van der Waals surface area (Å²) in [5, 5.41) is 8.96. The summed E-state index contributed by atoms with van der Waals surface area (Å²) in [6.45, 7) is 1.77. The van der Waals surface area contributed by atoms with Crippen LogP contribution in [0.2, 0.25) is 0 Å². The molecule has 0 aliphatic heterocycles. The second-order valence-electron chi connectivity index (χ2n) is 4.42. The van der Waals surface area contributed by atoms with Gasteiger partial charge in [0, 0.05) is 4.47 Å². The first kappa shape index (κ1) is 15.0. The van der Waals surface area contributed by atoms with E-state index in [1.807, 2.05) is 13.0 Å². The number of aryl methyl sites for hydroxylation is 1. The second kappa shape index (κ2) is 5.95. The van der Waals surface area contributed by atoms with Crippen LogP contribution in [0.5, 0.6) is 0 Å². The SMILES string of the molecule is Cc1cc(Br)cc(NS(=O)(=O)c2ccc(CO)cc2)c1. The van der Waals surface area contributed by atoms with E-state index in [1.54, 1.807) is 24.3 Å². The van der Waals surface area contributed by atoms with Crippen molar-refractivity contribution in [1.82, 2.24) is 0 Å². The van der Waals surface area contributed by atoms with Crippen LogP contribution in [0.25, 0.3) is 0 Å². The molecule has 0 atom stereocenters. The maximum atomic E-state index is 12.2. The predicted molar refractivity (Wildman–Crippen MR) is 82.1 cm³/mol. The van der Waals surface area contributed by atoms with Crippen LogP contribution >= 0.6 is 15.9 Å². The average Bonchev–Trinajstić information content (AvgIpc) is 2.37. The Bertz CT molecular complexity index is 691. The maximum absolute atomic E-state index is 12.2. The minimum atomic E-state index is -3.62. The Hall–Kier alpha value is -1.37. The predicted octanol–water partition coefficient (Wildman–Crippen LogP) is 3.05. The first-order valence-electron chi connectivity index (χ1n) is 5.90. The molecule has 20 heavy (non-hydrogen) atoms. The average molecular weight is 356 g/mol. The highest BCUT2D eigenvalue weighted by molar-refractivity contribution is 9.10. The van der Waals surface area contributed by atoms with Crippen LogP contribution in [0.3, 0.4) is 0 Å². The molecule has 0 unspecified atom stereocenters. The van der Waals surface area contributed by atoms with Crippen molar-refractivity contribution in [2.24, 2.45) is 0 Å². The highest BCUT2D eigenvalue weighted by Gasteiger charge is 2.14. The van der Waals surface area contributed by atoms with Crippen molar-refractivity contribution >= 4 is 31.6 Å². The van der Waals surface area contributed by atoms with E-state index in [1.165, 1.54) is 12.1 Å². The Morgan fingerprint density at radius 2 is 1.80 bits per heavy atom. The molecule has 6 heteroatoms. The molecule has 0 aromatic heterocycles. The van der Waals surface area contributed by atoms with Crippen LogP contribution in [-0.4, -0.2) is 13.5 Å². The van der Waals surface area contributed by atoms with Gasteiger partial charge in [-0.2, -0.15) is 0 Å². The van der Waals surface area contributed by atoms with Gasteiger partial charge in [0.15, 0.2) is 0 Å². The van der Waals surface area contributed by atoms with Crippen molar-refractivity contribution in [3.8, 4) is 0 Å². The summed E-state index contributed by atoms with van der Waals surface area (Å²) in [6.07, 6.45) is 0. The van der Waals surface area contributed by atoms with Crippen molar-refractivity contribution in [2.75, 3.05) is 4.72 Å². The van der Waals surface area contributed by atoms with Gasteiger partial charge >= 0.3 is 0 Å². The number of anilines is 1. The fourth-order valence-corrected chi connectivity index (χ4v) is 3.43. The normalized spacial score (nSPS) is 11.3. The van der Waals surface area contributed by atoms with E-state index >= 15 is 0 Å². The third-order valence-electron chi connectivity index (χ3n) is 2.71. The quantitative estimate of drug-likeness (QED) is 0.885. The van der Waals surface area contributed by atoms with Gasteiger partial charge in [-0.15, -0.1) is 0 Å². The molecular formula is C14H14BrNO3S. The molecule has 0 saturated heterocycles. The zero-order chi connectivity index (χ0) is 14.8. The number of halogens is 1. The number of hydrogen-bond acceptors (Lipinski definition) is 3. The van der Waals surface area contributed by atoms with E-state index in [0.717, 1.165) is 10.0 Å². The largest absolute Gasteiger partial charge is 0.392 e. The molecular weight excluding hydrogens is 342 g/mol. The van der Waals surface area contributed by atoms with E-state index in [2.05, 4.69) is 20.7 Å². The summed E-state index contributed by atoms with van der Waals surface area (Å²) < 4.78 is 27.8. The first-order chi connectivity index (χ1) is 9.40. The Morgan fingerprint density at radius 3 is 2.35 bits per heavy atom. The van der Waals surface area contributed by atoms with Crippen molar-refractivity contribution in [2.45, 2.75) is 18.4 Å². The molecule has 2 rings (SSSR count). The van der Waals surface area contributed by atoms with Crippen LogP contribution in [0.1, 0.15) is 11.1 Å². The van der Waals surface area contributed by atoms with Crippen molar-refractivity contribution in [1.29, 1.82) is 0 Å². The van der Waals surface area contributed by atoms with Crippen molar-refractivity contribution in [3.63, 3.8) is 0 Å². The van der Waals surface area contributed by atoms with Crippen LogP contribution in [0.15, 0.2) is 51.8 Å². The van der Waals surface area contributed by atoms with E-state index in [9.17, 15) is 8.42 Å². The van der Waals surface area contributed by atoms with E-state index in [-0.39, 0.29) is 11.5 Å². The zero-order valence-electron chi connectivity index (χ0n) is 10.8. The Balaban J connectivity index is 2.30. The molecule has 0 radical (unpaired) electrons. The third-order valence-corrected chi connectivity index (χ3v) is 4.57. The maximum Gasteiger partial charge on any atom is 0.261 e. The minimum absolute atomic E-state index is 0.113. The van der Waals surface area contributed by atoms with Gasteiger partial charge in [-0.25, -0.2) is 8.42 Å². The molecule has 2 aromatic carbocycles. The summed E-state index contributed by atoms with van der Waals surface area (Å²) in [5.74, 6) is 0. The Kier molecular flexibility index (Phi) is 4.47. The van der Waals surface area contributed by atoms with Gasteiger partial charge in [0.2, 0.25) is 0 Å². The summed E-state index contributed by atoms with van der Waals surface area (Å²) in [5.41, 5.74) is 2.12. The van der Waals surface area contributed by atoms with Crippen molar-refractivity contribution in [3.05, 3.63) is 58.1 Å². The first-order valence-corrected chi connectivity index (χ1v) is 8.18. The van der Waals surface area contributed by atoms with Crippen molar-refractivity contribution < 1.29 is 13.5 Å². The smallest absolute Gasteiger partial charge is 0.261 e. The lowest BCUT2D eigenvalue weighted by molar-refractivity contribution is 0.282. The summed E-state index contributed by atoms with van der Waals surface area (Å²) in [7, 11) is -3.62. The monoisotopic (exact) mass is 355 g/mol. The molecule has 0 heterocycles. The molecule has 4 nitrogen and oxygen atoms in total. The highest BCUT2D eigenvalue weighted by atomic mass is 79.9. The molecule has 0 bridgehead atoms. The van der Waals surface area contributed by atoms with Gasteiger partial charge in [-0.05, 0) is 48.4 Å². The molecule has 2 N–H and O–H groups in total. The summed E-state index contributed by atoms with van der Waals surface area (Å²) >= 11 is 3.33. The van der Waals surface area contributed by atoms with Crippen LogP contribution < -0.4 is 4.72 Å². The molecule has 0 amide bonds. The standard InChI is InChI=1S/C14H14BrNO3S/c1-10-6-12(15)8-13(7-10)16-20(18,19)14-4-2-11(9-17)3-5-14/h2-8,16-17H,9H2,1H3. The Labute approximate surface area is 126 Å². The summed E-state index contributed by atoms with van der Waals surface area (Å²) in [4.78, 5) is 0.160. The van der Waals surface area contributed by atoms with Gasteiger partial charge in [0.1, 0.15) is 0 Å². The van der Waals surface area contributed by atoms with E-state index < -0.39 is 10.0 Å². The molecule has 0 spiro atoms. The van der Waals surface area contributed by atoms with Gasteiger partial charge in [-0.1, -0.05) is 28.1 Å². The van der Waals surface area contributed by atoms with Gasteiger partial charge in [0.05, 0.1) is 17.2 Å². The molecule has 0 aliphatic carbocycles. The fourth-order valence-electron chi connectivity index (χ4n) is 1.78. The minimum Gasteiger partial charge on any atom is -0.392 e. The molecule has 0 saturated carbocycles. The number of aliphatic hydroxyl groups is 1. The fraction of sp³-hybridized carbons (Fsp3) is 0.143. The lowest BCUT2D eigenvalue weighted by Crippen LogP contribution is -2.13. The molecule has 0 aliphatic rings. The van der Waals surface area contributed by atoms with Gasteiger partial charge in [0.25, 0.3) is 10.0 Å². The van der Waals surface area contributed by atoms with Gasteiger partial charge < -0.3 is 5.11 Å².